The number of nitrogens with two attached hydrogens (primary N) is 1. The van der Waals surface area contributed by atoms with E-state index in [9.17, 15) is 0 Å². The van der Waals surface area contributed by atoms with Crippen molar-refractivity contribution >= 4 is 11.6 Å². The minimum absolute atomic E-state index is 0.0966. The molecule has 2 nitrogen and oxygen atoms in total. The highest BCUT2D eigenvalue weighted by molar-refractivity contribution is 6.31. The summed E-state index contributed by atoms with van der Waals surface area (Å²) in [4.78, 5) is 0. The summed E-state index contributed by atoms with van der Waals surface area (Å²) in [5.41, 5.74) is 9.45. The van der Waals surface area contributed by atoms with Crippen molar-refractivity contribution in [1.29, 1.82) is 0 Å². The van der Waals surface area contributed by atoms with E-state index in [-0.39, 0.29) is 6.04 Å². The van der Waals surface area contributed by atoms with Gasteiger partial charge in [0.1, 0.15) is 5.75 Å². The maximum Gasteiger partial charge on any atom is 0.125 e. The number of halogens is 1. The molecule has 0 aliphatic carbocycles. The molecule has 0 aliphatic heterocycles. The fourth-order valence-electron chi connectivity index (χ4n) is 2.39. The lowest BCUT2D eigenvalue weighted by atomic mass is 9.91. The molecule has 0 aromatic heterocycles. The van der Waals surface area contributed by atoms with Crippen molar-refractivity contribution in [2.75, 3.05) is 6.61 Å². The third kappa shape index (κ3) is 4.12. The number of rotatable bonds is 6. The Morgan fingerprint density at radius 1 is 1.32 bits per heavy atom. The SMILES string of the molecule is CCCOc1c(C)cc(Cl)c(C(C)C)c1CC(C)N. The molecule has 0 saturated heterocycles. The van der Waals surface area contributed by atoms with E-state index >= 15 is 0 Å². The number of ether oxygens (including phenoxy) is 1. The first-order valence-electron chi connectivity index (χ1n) is 7.08. The molecule has 0 fully saturated rings. The van der Waals surface area contributed by atoms with Crippen LogP contribution in [-0.4, -0.2) is 12.6 Å². The van der Waals surface area contributed by atoms with Gasteiger partial charge in [-0.05, 0) is 49.8 Å². The summed E-state index contributed by atoms with van der Waals surface area (Å²) < 4.78 is 5.95. The lowest BCUT2D eigenvalue weighted by molar-refractivity contribution is 0.311. The second-order valence-corrected chi connectivity index (χ2v) is 5.99. The second-order valence-electron chi connectivity index (χ2n) is 5.58. The van der Waals surface area contributed by atoms with Crippen LogP contribution in [-0.2, 0) is 6.42 Å². The zero-order valence-corrected chi connectivity index (χ0v) is 13.5. The van der Waals surface area contributed by atoms with Gasteiger partial charge in [-0.2, -0.15) is 0 Å². The molecule has 3 heteroatoms. The number of hydrogen-bond acceptors (Lipinski definition) is 2. The van der Waals surface area contributed by atoms with Crippen LogP contribution >= 0.6 is 11.6 Å². The van der Waals surface area contributed by atoms with E-state index in [0.29, 0.717) is 5.92 Å². The monoisotopic (exact) mass is 283 g/mol. The second kappa shape index (κ2) is 7.16. The normalized spacial score (nSPS) is 12.8. The van der Waals surface area contributed by atoms with E-state index < -0.39 is 0 Å². The van der Waals surface area contributed by atoms with Gasteiger partial charge in [0.05, 0.1) is 6.61 Å². The fourth-order valence-corrected chi connectivity index (χ4v) is 2.89. The van der Waals surface area contributed by atoms with Gasteiger partial charge in [-0.1, -0.05) is 32.4 Å². The predicted octanol–water partition coefficient (Wildman–Crippen LogP) is 4.45. The summed E-state index contributed by atoms with van der Waals surface area (Å²) in [6.45, 7) is 11.2. The quantitative estimate of drug-likeness (QED) is 0.837. The van der Waals surface area contributed by atoms with Gasteiger partial charge in [0.15, 0.2) is 0 Å². The molecular weight excluding hydrogens is 258 g/mol. The molecule has 1 unspecified atom stereocenters. The van der Waals surface area contributed by atoms with Gasteiger partial charge >= 0.3 is 0 Å². The topological polar surface area (TPSA) is 35.2 Å². The Hall–Kier alpha value is -0.730. The molecule has 0 saturated carbocycles. The fraction of sp³-hybridized carbons (Fsp3) is 0.625. The maximum absolute atomic E-state index is 6.42. The van der Waals surface area contributed by atoms with Gasteiger partial charge < -0.3 is 10.5 Å². The Morgan fingerprint density at radius 3 is 2.42 bits per heavy atom. The zero-order valence-electron chi connectivity index (χ0n) is 12.7. The van der Waals surface area contributed by atoms with Crippen molar-refractivity contribution in [1.82, 2.24) is 0 Å². The van der Waals surface area contributed by atoms with Crippen LogP contribution in [0, 0.1) is 6.92 Å². The van der Waals surface area contributed by atoms with Gasteiger partial charge in [0.2, 0.25) is 0 Å². The highest BCUT2D eigenvalue weighted by Crippen LogP contribution is 2.37. The van der Waals surface area contributed by atoms with Crippen LogP contribution in [0.4, 0.5) is 0 Å². The number of aryl methyl sites for hydroxylation is 1. The molecule has 1 atom stereocenters. The van der Waals surface area contributed by atoms with E-state index in [1.165, 1.54) is 11.1 Å². The third-order valence-electron chi connectivity index (χ3n) is 3.11. The largest absolute Gasteiger partial charge is 0.493 e. The third-order valence-corrected chi connectivity index (χ3v) is 3.42. The summed E-state index contributed by atoms with van der Waals surface area (Å²) in [6, 6.07) is 2.10. The lowest BCUT2D eigenvalue weighted by Crippen LogP contribution is -2.20. The van der Waals surface area contributed by atoms with E-state index in [4.69, 9.17) is 22.1 Å². The smallest absolute Gasteiger partial charge is 0.125 e. The average molecular weight is 284 g/mol. The highest BCUT2D eigenvalue weighted by Gasteiger charge is 2.19. The lowest BCUT2D eigenvalue weighted by Gasteiger charge is -2.22. The van der Waals surface area contributed by atoms with Gasteiger partial charge in [0, 0.05) is 16.6 Å². The summed E-state index contributed by atoms with van der Waals surface area (Å²) in [5.74, 6) is 1.35. The van der Waals surface area contributed by atoms with Crippen LogP contribution in [0.5, 0.6) is 5.75 Å². The first kappa shape index (κ1) is 16.3. The van der Waals surface area contributed by atoms with Crippen molar-refractivity contribution in [3.63, 3.8) is 0 Å². The Labute approximate surface area is 122 Å². The molecule has 0 bridgehead atoms. The number of benzene rings is 1. The van der Waals surface area contributed by atoms with Gasteiger partial charge in [0.25, 0.3) is 0 Å². The molecule has 2 N–H and O–H groups in total. The Morgan fingerprint density at radius 2 is 1.95 bits per heavy atom. The molecule has 0 spiro atoms. The Balaban J connectivity index is 3.36. The van der Waals surface area contributed by atoms with Crippen LogP contribution in [0.2, 0.25) is 5.02 Å². The van der Waals surface area contributed by atoms with Gasteiger partial charge in [-0.15, -0.1) is 0 Å². The molecule has 108 valence electrons. The van der Waals surface area contributed by atoms with E-state index in [2.05, 4.69) is 20.8 Å². The molecule has 1 aromatic rings. The average Bonchev–Trinajstić information content (AvgIpc) is 2.26. The van der Waals surface area contributed by atoms with Crippen molar-refractivity contribution in [2.45, 2.75) is 59.4 Å². The van der Waals surface area contributed by atoms with E-state index in [0.717, 1.165) is 35.8 Å². The highest BCUT2D eigenvalue weighted by atomic mass is 35.5. The predicted molar refractivity (Wildman–Crippen MR) is 83.4 cm³/mol. The van der Waals surface area contributed by atoms with Crippen LogP contribution in [0.3, 0.4) is 0 Å². The van der Waals surface area contributed by atoms with Crippen LogP contribution in [0.1, 0.15) is 56.7 Å². The first-order valence-corrected chi connectivity index (χ1v) is 7.46. The number of hydrogen-bond donors (Lipinski definition) is 1. The van der Waals surface area contributed by atoms with E-state index in [1.54, 1.807) is 0 Å². The summed E-state index contributed by atoms with van der Waals surface area (Å²) in [5, 5.41) is 0.826. The molecule has 0 radical (unpaired) electrons. The van der Waals surface area contributed by atoms with Crippen LogP contribution < -0.4 is 10.5 Å². The van der Waals surface area contributed by atoms with Crippen molar-refractivity contribution in [3.05, 3.63) is 27.8 Å². The zero-order chi connectivity index (χ0) is 14.6. The summed E-state index contributed by atoms with van der Waals surface area (Å²) >= 11 is 6.42. The minimum Gasteiger partial charge on any atom is -0.493 e. The van der Waals surface area contributed by atoms with Crippen LogP contribution in [0.25, 0.3) is 0 Å². The molecule has 0 amide bonds. The Bertz CT molecular complexity index is 427. The molecule has 0 aliphatic rings. The van der Waals surface area contributed by atoms with Gasteiger partial charge in [-0.3, -0.25) is 0 Å². The van der Waals surface area contributed by atoms with Crippen molar-refractivity contribution < 1.29 is 4.74 Å². The first-order chi connectivity index (χ1) is 8.88. The minimum atomic E-state index is 0.0966. The van der Waals surface area contributed by atoms with Crippen molar-refractivity contribution in [3.8, 4) is 5.75 Å². The van der Waals surface area contributed by atoms with Gasteiger partial charge in [-0.25, -0.2) is 0 Å². The molecular formula is C16H26ClNO. The molecule has 1 aromatic carbocycles. The molecule has 1 rings (SSSR count). The summed E-state index contributed by atoms with van der Waals surface area (Å²) in [6.07, 6.45) is 1.80. The molecule has 0 heterocycles. The van der Waals surface area contributed by atoms with Crippen LogP contribution in [0.15, 0.2) is 6.07 Å². The van der Waals surface area contributed by atoms with Crippen molar-refractivity contribution in [2.24, 2.45) is 5.73 Å². The van der Waals surface area contributed by atoms with E-state index in [1.807, 2.05) is 19.9 Å². The molecule has 19 heavy (non-hydrogen) atoms. The standard InChI is InChI=1S/C16H26ClNO/c1-6-7-19-16-11(4)8-14(17)15(10(2)3)13(16)9-12(5)18/h8,10,12H,6-7,9,18H2,1-5H3. The maximum atomic E-state index is 6.42. The summed E-state index contributed by atoms with van der Waals surface area (Å²) in [7, 11) is 0. The Kier molecular flexibility index (Phi) is 6.15.